The average Bonchev–Trinajstić information content (AvgIpc) is 2.86. The van der Waals surface area contributed by atoms with Gasteiger partial charge in [0, 0.05) is 21.4 Å². The second kappa shape index (κ2) is 9.00. The summed E-state index contributed by atoms with van der Waals surface area (Å²) in [5.41, 5.74) is 2.45. The molecule has 0 aliphatic carbocycles. The van der Waals surface area contributed by atoms with E-state index in [-0.39, 0.29) is 11.3 Å². The second-order valence-corrected chi connectivity index (χ2v) is 8.30. The number of carbonyl (C=O) groups excluding carboxylic acids is 1. The summed E-state index contributed by atoms with van der Waals surface area (Å²) in [5, 5.41) is 3.16. The van der Waals surface area contributed by atoms with Gasteiger partial charge in [0.15, 0.2) is 5.78 Å². The van der Waals surface area contributed by atoms with Crippen molar-refractivity contribution in [3.8, 4) is 16.9 Å². The number of rotatable bonds is 5. The van der Waals surface area contributed by atoms with Gasteiger partial charge in [-0.1, -0.05) is 84.4 Å². The number of aromatic nitrogens is 1. The van der Waals surface area contributed by atoms with Crippen LogP contribution >= 0.6 is 11.6 Å². The Morgan fingerprint density at radius 1 is 0.882 bits per heavy atom. The molecule has 34 heavy (non-hydrogen) atoms. The van der Waals surface area contributed by atoms with Crippen LogP contribution in [0.3, 0.4) is 0 Å². The molecule has 0 aliphatic rings. The molecule has 1 heterocycles. The van der Waals surface area contributed by atoms with E-state index in [1.807, 2.05) is 72.8 Å². The lowest BCUT2D eigenvalue weighted by atomic mass is 9.93. The highest BCUT2D eigenvalue weighted by molar-refractivity contribution is 6.31. The van der Waals surface area contributed by atoms with Gasteiger partial charge >= 0.3 is 0 Å². The van der Waals surface area contributed by atoms with Gasteiger partial charge in [0.05, 0.1) is 18.2 Å². The smallest absolute Gasteiger partial charge is 0.260 e. The van der Waals surface area contributed by atoms with Crippen molar-refractivity contribution in [2.24, 2.45) is 0 Å². The molecule has 0 aliphatic heterocycles. The van der Waals surface area contributed by atoms with Gasteiger partial charge in [-0.15, -0.1) is 0 Å². The first-order chi connectivity index (χ1) is 16.6. The topological polar surface area (TPSA) is 59.2 Å². The van der Waals surface area contributed by atoms with Crippen LogP contribution in [0.15, 0.2) is 95.8 Å². The lowest BCUT2D eigenvalue weighted by molar-refractivity contribution is 0.104. The maximum Gasteiger partial charge on any atom is 0.260 e. The minimum atomic E-state index is -0.456. The summed E-state index contributed by atoms with van der Waals surface area (Å²) in [6.07, 6.45) is 3.19. The molecule has 0 fully saturated rings. The summed E-state index contributed by atoms with van der Waals surface area (Å²) in [4.78, 5) is 29.4. The number of pyridine rings is 1. The largest absolute Gasteiger partial charge is 0.496 e. The molecule has 0 bridgehead atoms. The number of allylic oxidation sites excluding steroid dienone is 1. The number of fused-ring (bicyclic) bond motifs is 2. The molecule has 1 aromatic heterocycles. The number of ether oxygens (including phenoxy) is 1. The van der Waals surface area contributed by atoms with Gasteiger partial charge in [-0.05, 0) is 40.8 Å². The van der Waals surface area contributed by atoms with Crippen LogP contribution in [0.2, 0.25) is 5.02 Å². The van der Waals surface area contributed by atoms with Gasteiger partial charge in [0.25, 0.3) is 5.56 Å². The van der Waals surface area contributed by atoms with E-state index in [9.17, 15) is 9.59 Å². The molecule has 5 aromatic rings. The second-order valence-electron chi connectivity index (χ2n) is 7.86. The summed E-state index contributed by atoms with van der Waals surface area (Å²) >= 11 is 6.15. The molecule has 5 heteroatoms. The Labute approximate surface area is 201 Å². The van der Waals surface area contributed by atoms with Crippen LogP contribution in [-0.4, -0.2) is 17.9 Å². The Hall–Kier alpha value is -4.15. The minimum absolute atomic E-state index is 0.0927. The third kappa shape index (κ3) is 3.89. The number of aromatic amines is 1. The van der Waals surface area contributed by atoms with Crippen molar-refractivity contribution in [2.45, 2.75) is 0 Å². The molecular formula is C29H20ClNO3. The third-order valence-electron chi connectivity index (χ3n) is 5.84. The maximum absolute atomic E-state index is 13.4. The Kier molecular flexibility index (Phi) is 5.74. The predicted molar refractivity (Wildman–Crippen MR) is 139 cm³/mol. The zero-order chi connectivity index (χ0) is 23.7. The van der Waals surface area contributed by atoms with Crippen molar-refractivity contribution in [1.82, 2.24) is 4.98 Å². The highest BCUT2D eigenvalue weighted by Gasteiger charge is 2.19. The number of methoxy groups -OCH3 is 1. The summed E-state index contributed by atoms with van der Waals surface area (Å²) < 4.78 is 5.46. The van der Waals surface area contributed by atoms with E-state index in [1.54, 1.807) is 25.3 Å². The number of halogens is 1. The molecule has 0 saturated heterocycles. The molecule has 1 N–H and O–H groups in total. The van der Waals surface area contributed by atoms with E-state index in [0.717, 1.165) is 33.0 Å². The van der Waals surface area contributed by atoms with Crippen molar-refractivity contribution >= 4 is 45.1 Å². The maximum atomic E-state index is 13.4. The number of benzene rings is 4. The van der Waals surface area contributed by atoms with Crippen molar-refractivity contribution < 1.29 is 9.53 Å². The highest BCUT2D eigenvalue weighted by Crippen LogP contribution is 2.32. The molecule has 0 spiro atoms. The summed E-state index contributed by atoms with van der Waals surface area (Å²) in [6, 6.07) is 26.3. The van der Waals surface area contributed by atoms with Crippen LogP contribution < -0.4 is 10.3 Å². The van der Waals surface area contributed by atoms with Gasteiger partial charge < -0.3 is 9.72 Å². The first-order valence-corrected chi connectivity index (χ1v) is 11.1. The molecule has 4 aromatic carbocycles. The van der Waals surface area contributed by atoms with E-state index in [0.29, 0.717) is 16.1 Å². The first kappa shape index (κ1) is 21.7. The summed E-state index contributed by atoms with van der Waals surface area (Å²) in [7, 11) is 1.63. The first-order valence-electron chi connectivity index (χ1n) is 10.8. The fourth-order valence-electron chi connectivity index (χ4n) is 4.28. The highest BCUT2D eigenvalue weighted by atomic mass is 35.5. The van der Waals surface area contributed by atoms with E-state index >= 15 is 0 Å². The molecule has 166 valence electrons. The van der Waals surface area contributed by atoms with Crippen molar-refractivity contribution in [3.63, 3.8) is 0 Å². The van der Waals surface area contributed by atoms with Crippen LogP contribution in [0, 0.1) is 0 Å². The quantitative estimate of drug-likeness (QED) is 0.227. The molecule has 5 rings (SSSR count). The number of hydrogen-bond acceptors (Lipinski definition) is 3. The van der Waals surface area contributed by atoms with Gasteiger partial charge in [-0.3, -0.25) is 9.59 Å². The van der Waals surface area contributed by atoms with Gasteiger partial charge in [0.1, 0.15) is 5.75 Å². The van der Waals surface area contributed by atoms with E-state index in [2.05, 4.69) is 4.98 Å². The standard InChI is InChI=1S/C29H20ClNO3/c1-34-26-16-12-18(21-9-5-6-10-22(21)26)11-15-25(32)28-27(19-7-3-2-4-8-19)23-14-13-20(30)17-24(23)31-29(28)33/h2-17H,1H3,(H,31,33)/b15-11+. The zero-order valence-electron chi connectivity index (χ0n) is 18.3. The summed E-state index contributed by atoms with van der Waals surface area (Å²) in [5.74, 6) is 0.381. The fourth-order valence-corrected chi connectivity index (χ4v) is 4.45. The Bertz CT molecular complexity index is 1640. The Balaban J connectivity index is 1.67. The summed E-state index contributed by atoms with van der Waals surface area (Å²) in [6.45, 7) is 0. The van der Waals surface area contributed by atoms with Gasteiger partial charge in [-0.25, -0.2) is 0 Å². The molecule has 0 radical (unpaired) electrons. The van der Waals surface area contributed by atoms with Crippen molar-refractivity contribution in [3.05, 3.63) is 118 Å². The van der Waals surface area contributed by atoms with Crippen LogP contribution in [0.25, 0.3) is 38.9 Å². The van der Waals surface area contributed by atoms with E-state index in [4.69, 9.17) is 16.3 Å². The van der Waals surface area contributed by atoms with Crippen LogP contribution in [0.5, 0.6) is 5.75 Å². The molecule has 0 atom stereocenters. The van der Waals surface area contributed by atoms with Crippen LogP contribution in [0.4, 0.5) is 0 Å². The van der Waals surface area contributed by atoms with Crippen molar-refractivity contribution in [2.75, 3.05) is 7.11 Å². The monoisotopic (exact) mass is 465 g/mol. The minimum Gasteiger partial charge on any atom is -0.496 e. The third-order valence-corrected chi connectivity index (χ3v) is 6.07. The lowest BCUT2D eigenvalue weighted by Gasteiger charge is -2.12. The predicted octanol–water partition coefficient (Wildman–Crippen LogP) is 6.91. The van der Waals surface area contributed by atoms with E-state index in [1.165, 1.54) is 6.08 Å². The SMILES string of the molecule is COc1ccc(/C=C/C(=O)c2c(-c3ccccc3)c3ccc(Cl)cc3[nH]c2=O)c2ccccc12. The number of ketones is 1. The normalized spacial score (nSPS) is 11.4. The van der Waals surface area contributed by atoms with Gasteiger partial charge in [-0.2, -0.15) is 0 Å². The average molecular weight is 466 g/mol. The molecule has 0 unspecified atom stereocenters. The Morgan fingerprint density at radius 3 is 2.38 bits per heavy atom. The molecule has 4 nitrogen and oxygen atoms in total. The number of nitrogens with one attached hydrogen (secondary N) is 1. The number of hydrogen-bond donors (Lipinski definition) is 1. The lowest BCUT2D eigenvalue weighted by Crippen LogP contribution is -2.18. The fraction of sp³-hybridized carbons (Fsp3) is 0.0345. The van der Waals surface area contributed by atoms with Crippen LogP contribution in [-0.2, 0) is 0 Å². The van der Waals surface area contributed by atoms with E-state index < -0.39 is 5.56 Å². The zero-order valence-corrected chi connectivity index (χ0v) is 19.1. The van der Waals surface area contributed by atoms with Gasteiger partial charge in [0.2, 0.25) is 0 Å². The molecule has 0 saturated carbocycles. The molecular weight excluding hydrogens is 446 g/mol. The number of H-pyrrole nitrogens is 1. The van der Waals surface area contributed by atoms with Crippen molar-refractivity contribution in [1.29, 1.82) is 0 Å². The number of carbonyl (C=O) groups is 1. The van der Waals surface area contributed by atoms with Crippen LogP contribution in [0.1, 0.15) is 15.9 Å². The molecule has 0 amide bonds. The Morgan fingerprint density at radius 2 is 1.62 bits per heavy atom.